The molecule has 0 atom stereocenters. The van der Waals surface area contributed by atoms with Crippen molar-refractivity contribution in [1.29, 1.82) is 0 Å². The van der Waals surface area contributed by atoms with Gasteiger partial charge in [-0.1, -0.05) is 13.8 Å². The number of nitrogens with zero attached hydrogens (tertiary/aromatic N) is 1. The Morgan fingerprint density at radius 1 is 1.29 bits per heavy atom. The van der Waals surface area contributed by atoms with Gasteiger partial charge in [-0.25, -0.2) is 4.39 Å². The molecule has 0 saturated carbocycles. The summed E-state index contributed by atoms with van der Waals surface area (Å²) < 4.78 is 26.6. The minimum atomic E-state index is -1.20. The van der Waals surface area contributed by atoms with Crippen molar-refractivity contribution in [3.05, 3.63) is 39.4 Å². The molecule has 0 fully saturated rings. The molecule has 21 heavy (non-hydrogen) atoms. The fraction of sp³-hybridized carbons (Fsp3) is 0.462. The van der Waals surface area contributed by atoms with Crippen LogP contribution in [0, 0.1) is 27.7 Å². The highest BCUT2D eigenvalue weighted by Crippen LogP contribution is 2.21. The third kappa shape index (κ3) is 5.07. The van der Waals surface area contributed by atoms with Gasteiger partial charge in [-0.2, -0.15) is 4.39 Å². The van der Waals surface area contributed by atoms with Crippen LogP contribution >= 0.6 is 0 Å². The zero-order valence-corrected chi connectivity index (χ0v) is 11.8. The Labute approximate surface area is 120 Å². The third-order valence-electron chi connectivity index (χ3n) is 2.75. The molecule has 0 heterocycles. The monoisotopic (exact) mass is 301 g/mol. The quantitative estimate of drug-likeness (QED) is 0.456. The lowest BCUT2D eigenvalue weighted by Gasteiger charge is -2.09. The van der Waals surface area contributed by atoms with Crippen LogP contribution in [0.2, 0.25) is 0 Å². The molecule has 0 aliphatic carbocycles. The first-order valence-electron chi connectivity index (χ1n) is 6.43. The Balaban J connectivity index is 2.51. The van der Waals surface area contributed by atoms with E-state index in [9.17, 15) is 23.7 Å². The van der Waals surface area contributed by atoms with Gasteiger partial charge >= 0.3 is 5.69 Å². The lowest BCUT2D eigenvalue weighted by molar-refractivity contribution is -0.387. The van der Waals surface area contributed by atoms with E-state index in [1.165, 1.54) is 0 Å². The third-order valence-corrected chi connectivity index (χ3v) is 2.75. The predicted octanol–water partition coefficient (Wildman–Crippen LogP) is 1.73. The number of hydrogen-bond donors (Lipinski definition) is 2. The number of nitro benzene ring substituents is 1. The van der Waals surface area contributed by atoms with Crippen molar-refractivity contribution < 1.29 is 18.5 Å². The first kappa shape index (κ1) is 17.0. The normalized spacial score (nSPS) is 10.7. The number of carbonyl (C=O) groups is 1. The summed E-state index contributed by atoms with van der Waals surface area (Å²) in [6, 6.07) is 1.36. The molecule has 0 saturated heterocycles. The molecule has 116 valence electrons. The van der Waals surface area contributed by atoms with Crippen LogP contribution in [0.3, 0.4) is 0 Å². The summed E-state index contributed by atoms with van der Waals surface area (Å²) in [5, 5.41) is 16.1. The highest BCUT2D eigenvalue weighted by atomic mass is 19.1. The van der Waals surface area contributed by atoms with E-state index in [0.29, 0.717) is 19.2 Å². The molecule has 1 rings (SSSR count). The Bertz CT molecular complexity index is 536. The second-order valence-corrected chi connectivity index (χ2v) is 4.77. The molecule has 0 bridgehead atoms. The van der Waals surface area contributed by atoms with E-state index < -0.39 is 22.2 Å². The zero-order valence-electron chi connectivity index (χ0n) is 11.8. The summed E-state index contributed by atoms with van der Waals surface area (Å²) in [7, 11) is 0. The van der Waals surface area contributed by atoms with Gasteiger partial charge in [0.1, 0.15) is 5.82 Å². The number of halogens is 2. The second-order valence-electron chi connectivity index (χ2n) is 4.77. The molecule has 0 unspecified atom stereocenters. The second kappa shape index (κ2) is 7.63. The highest BCUT2D eigenvalue weighted by Gasteiger charge is 2.18. The number of benzene rings is 1. The Kier molecular flexibility index (Phi) is 6.16. The van der Waals surface area contributed by atoms with Crippen molar-refractivity contribution in [1.82, 2.24) is 10.6 Å². The molecule has 0 spiro atoms. The van der Waals surface area contributed by atoms with Crippen LogP contribution in [0.25, 0.3) is 0 Å². The summed E-state index contributed by atoms with van der Waals surface area (Å²) in [6.45, 7) is 4.24. The molecule has 8 heteroatoms. The fourth-order valence-corrected chi connectivity index (χ4v) is 1.56. The molecule has 1 aromatic rings. The first-order valence-corrected chi connectivity index (χ1v) is 6.43. The van der Waals surface area contributed by atoms with Crippen molar-refractivity contribution in [2.45, 2.75) is 20.4 Å². The minimum Gasteiger partial charge on any atom is -0.355 e. The van der Waals surface area contributed by atoms with Crippen molar-refractivity contribution in [2.75, 3.05) is 13.1 Å². The lowest BCUT2D eigenvalue weighted by atomic mass is 10.1. The number of nitro groups is 1. The van der Waals surface area contributed by atoms with E-state index in [1.807, 2.05) is 0 Å². The molecule has 0 aliphatic rings. The largest absolute Gasteiger partial charge is 0.355 e. The standard InChI is InChI=1S/C13H17F2N3O3/c1-8(2)13(19)17-4-3-16-7-9-5-12(18(20)21)11(15)6-10(9)14/h5-6,8,16H,3-4,7H2,1-2H3,(H,17,19). The summed E-state index contributed by atoms with van der Waals surface area (Å²) in [5.74, 6) is -2.27. The minimum absolute atomic E-state index is 0.00159. The smallest absolute Gasteiger partial charge is 0.305 e. The summed E-state index contributed by atoms with van der Waals surface area (Å²) in [6.07, 6.45) is 0. The van der Waals surface area contributed by atoms with Crippen molar-refractivity contribution >= 4 is 11.6 Å². The van der Waals surface area contributed by atoms with Gasteiger partial charge in [0.05, 0.1) is 4.92 Å². The predicted molar refractivity (Wildman–Crippen MR) is 72.6 cm³/mol. The fourth-order valence-electron chi connectivity index (χ4n) is 1.56. The van der Waals surface area contributed by atoms with Gasteiger partial charge in [-0.3, -0.25) is 14.9 Å². The number of hydrogen-bond acceptors (Lipinski definition) is 4. The SMILES string of the molecule is CC(C)C(=O)NCCNCc1cc([N+](=O)[O-])c(F)cc1F. The maximum atomic E-state index is 13.5. The van der Waals surface area contributed by atoms with Crippen molar-refractivity contribution in [2.24, 2.45) is 5.92 Å². The number of carbonyl (C=O) groups excluding carboxylic acids is 1. The van der Waals surface area contributed by atoms with Gasteiger partial charge in [0.2, 0.25) is 11.7 Å². The summed E-state index contributed by atoms with van der Waals surface area (Å²) >= 11 is 0. The molecule has 0 radical (unpaired) electrons. The van der Waals surface area contributed by atoms with Crippen LogP contribution < -0.4 is 10.6 Å². The van der Waals surface area contributed by atoms with Crippen LogP contribution in [0.1, 0.15) is 19.4 Å². The van der Waals surface area contributed by atoms with E-state index in [-0.39, 0.29) is 23.9 Å². The van der Waals surface area contributed by atoms with Gasteiger partial charge in [-0.05, 0) is 0 Å². The van der Waals surface area contributed by atoms with E-state index >= 15 is 0 Å². The molecular formula is C13H17F2N3O3. The maximum absolute atomic E-state index is 13.5. The van der Waals surface area contributed by atoms with E-state index in [1.54, 1.807) is 13.8 Å². The Morgan fingerprint density at radius 3 is 2.52 bits per heavy atom. The topological polar surface area (TPSA) is 84.3 Å². The molecule has 1 aromatic carbocycles. The van der Waals surface area contributed by atoms with Gasteiger partial charge < -0.3 is 10.6 Å². The molecular weight excluding hydrogens is 284 g/mol. The van der Waals surface area contributed by atoms with E-state index in [4.69, 9.17) is 0 Å². The molecule has 1 amide bonds. The van der Waals surface area contributed by atoms with Gasteiger partial charge in [0.15, 0.2) is 0 Å². The van der Waals surface area contributed by atoms with Crippen LogP contribution in [-0.2, 0) is 11.3 Å². The lowest BCUT2D eigenvalue weighted by Crippen LogP contribution is -2.34. The Morgan fingerprint density at radius 2 is 1.95 bits per heavy atom. The summed E-state index contributed by atoms with van der Waals surface area (Å²) in [5.41, 5.74) is -0.764. The van der Waals surface area contributed by atoms with Crippen LogP contribution in [0.15, 0.2) is 12.1 Å². The van der Waals surface area contributed by atoms with Crippen molar-refractivity contribution in [3.8, 4) is 0 Å². The number of rotatable bonds is 7. The zero-order chi connectivity index (χ0) is 16.0. The Hall–Kier alpha value is -2.09. The average Bonchev–Trinajstić information content (AvgIpc) is 2.39. The first-order chi connectivity index (χ1) is 9.82. The van der Waals surface area contributed by atoms with Gasteiger partial charge in [-0.15, -0.1) is 0 Å². The highest BCUT2D eigenvalue weighted by molar-refractivity contribution is 5.77. The molecule has 0 aliphatic heterocycles. The van der Waals surface area contributed by atoms with Crippen LogP contribution in [0.4, 0.5) is 14.5 Å². The molecule has 2 N–H and O–H groups in total. The molecule has 6 nitrogen and oxygen atoms in total. The van der Waals surface area contributed by atoms with Crippen molar-refractivity contribution in [3.63, 3.8) is 0 Å². The number of amides is 1. The van der Waals surface area contributed by atoms with Gasteiger partial charge in [0, 0.05) is 43.2 Å². The number of nitrogens with one attached hydrogen (secondary N) is 2. The average molecular weight is 301 g/mol. The van der Waals surface area contributed by atoms with Crippen LogP contribution in [0.5, 0.6) is 0 Å². The van der Waals surface area contributed by atoms with E-state index in [2.05, 4.69) is 10.6 Å². The van der Waals surface area contributed by atoms with Gasteiger partial charge in [0.25, 0.3) is 0 Å². The summed E-state index contributed by atoms with van der Waals surface area (Å²) in [4.78, 5) is 20.9. The van der Waals surface area contributed by atoms with E-state index in [0.717, 1.165) is 6.07 Å². The molecule has 0 aromatic heterocycles. The van der Waals surface area contributed by atoms with Crippen LogP contribution in [-0.4, -0.2) is 23.9 Å². The maximum Gasteiger partial charge on any atom is 0.305 e.